The second kappa shape index (κ2) is 16.2. The molecule has 50 heavy (non-hydrogen) atoms. The SMILES string of the molecule is C1CCC(NC2CCCCC2)CC1.Cn1nnnc1SCC1=C(C(=O)O)N2C(=O)[C@@H](/N=C/c3cc(C(C)(C)C)c(O)c(C(C)(C)C)c3)[C@H]2SC1. The number of hydrogen-bond donors (Lipinski definition) is 3. The lowest BCUT2D eigenvalue weighted by atomic mass is 9.78. The molecule has 2 aromatic rings. The number of β-lactam (4-membered cyclic amide) rings is 1. The molecule has 1 amide bonds. The molecule has 0 unspecified atom stereocenters. The number of fused-ring (bicyclic) bond motifs is 1. The monoisotopic (exact) mass is 725 g/mol. The zero-order valence-electron chi connectivity index (χ0n) is 30.7. The molecule has 1 aromatic heterocycles. The minimum Gasteiger partial charge on any atom is -0.507 e. The smallest absolute Gasteiger partial charge is 0.352 e. The van der Waals surface area contributed by atoms with E-state index in [4.69, 9.17) is 0 Å². The summed E-state index contributed by atoms with van der Waals surface area (Å²) in [6.07, 6.45) is 16.2. The Hall–Kier alpha value is -2.90. The highest BCUT2D eigenvalue weighted by Gasteiger charge is 2.53. The molecule has 1 saturated heterocycles. The van der Waals surface area contributed by atoms with Crippen LogP contribution in [0.3, 0.4) is 0 Å². The number of carbonyl (C=O) groups excluding carboxylic acids is 1. The third-order valence-corrected chi connectivity index (χ3v) is 12.4. The topological polar surface area (TPSA) is 146 Å². The highest BCUT2D eigenvalue weighted by molar-refractivity contribution is 8.01. The van der Waals surface area contributed by atoms with Crippen molar-refractivity contribution in [1.82, 2.24) is 30.4 Å². The lowest BCUT2D eigenvalue weighted by molar-refractivity contribution is -0.147. The van der Waals surface area contributed by atoms with Crippen LogP contribution in [0.1, 0.15) is 122 Å². The fourth-order valence-corrected chi connectivity index (χ4v) is 9.51. The Morgan fingerprint density at radius 2 is 1.56 bits per heavy atom. The molecular formula is C37H55N7O4S2. The second-order valence-electron chi connectivity index (χ2n) is 16.1. The zero-order valence-corrected chi connectivity index (χ0v) is 32.4. The Bertz CT molecular complexity index is 1530. The Kier molecular flexibility index (Phi) is 12.4. The summed E-state index contributed by atoms with van der Waals surface area (Å²) in [7, 11) is 1.71. The first kappa shape index (κ1) is 38.3. The zero-order chi connectivity index (χ0) is 36.2. The van der Waals surface area contributed by atoms with Gasteiger partial charge in [0.25, 0.3) is 5.91 Å². The minimum absolute atomic E-state index is 0.0255. The molecule has 0 spiro atoms. The first-order valence-corrected chi connectivity index (χ1v) is 20.1. The van der Waals surface area contributed by atoms with E-state index in [-0.39, 0.29) is 33.6 Å². The molecule has 3 fully saturated rings. The van der Waals surface area contributed by atoms with E-state index in [0.717, 1.165) is 28.8 Å². The van der Waals surface area contributed by atoms with Gasteiger partial charge < -0.3 is 15.5 Å². The molecule has 0 radical (unpaired) electrons. The quantitative estimate of drug-likeness (QED) is 0.155. The van der Waals surface area contributed by atoms with Crippen molar-refractivity contribution in [3.63, 3.8) is 0 Å². The van der Waals surface area contributed by atoms with Crippen molar-refractivity contribution in [2.24, 2.45) is 12.0 Å². The number of carboxylic acid groups (broad SMARTS) is 1. The maximum Gasteiger partial charge on any atom is 0.352 e. The number of benzene rings is 1. The number of tetrazole rings is 1. The molecule has 2 aliphatic carbocycles. The number of aromatic hydroxyl groups is 1. The molecule has 274 valence electrons. The molecule has 2 saturated carbocycles. The van der Waals surface area contributed by atoms with E-state index in [0.29, 0.717) is 22.2 Å². The van der Waals surface area contributed by atoms with Gasteiger partial charge in [0.1, 0.15) is 16.8 Å². The van der Waals surface area contributed by atoms with Crippen LogP contribution in [0, 0.1) is 0 Å². The predicted octanol–water partition coefficient (Wildman–Crippen LogP) is 6.59. The number of aromatic nitrogens is 4. The van der Waals surface area contributed by atoms with Gasteiger partial charge in [-0.25, -0.2) is 9.48 Å². The maximum absolute atomic E-state index is 13.1. The molecular weight excluding hydrogens is 671 g/mol. The summed E-state index contributed by atoms with van der Waals surface area (Å²) in [6, 6.07) is 4.89. The van der Waals surface area contributed by atoms with E-state index in [2.05, 4.69) is 25.8 Å². The summed E-state index contributed by atoms with van der Waals surface area (Å²) in [5.41, 5.74) is 2.53. The average Bonchev–Trinajstić information content (AvgIpc) is 3.48. The van der Waals surface area contributed by atoms with Crippen LogP contribution in [-0.4, -0.2) is 88.4 Å². The highest BCUT2D eigenvalue weighted by Crippen LogP contribution is 2.43. The van der Waals surface area contributed by atoms with Gasteiger partial charge in [0.15, 0.2) is 6.04 Å². The molecule has 13 heteroatoms. The van der Waals surface area contributed by atoms with E-state index in [1.807, 2.05) is 53.7 Å². The highest BCUT2D eigenvalue weighted by atomic mass is 32.2. The van der Waals surface area contributed by atoms with Crippen molar-refractivity contribution in [2.45, 2.75) is 145 Å². The van der Waals surface area contributed by atoms with E-state index in [9.17, 15) is 19.8 Å². The van der Waals surface area contributed by atoms with Crippen LogP contribution in [0.15, 0.2) is 33.6 Å². The first-order valence-electron chi connectivity index (χ1n) is 18.1. The molecule has 1 aromatic carbocycles. The number of aryl methyl sites for hydroxylation is 1. The molecule has 2 atom stereocenters. The summed E-state index contributed by atoms with van der Waals surface area (Å²) < 4.78 is 1.52. The van der Waals surface area contributed by atoms with Crippen LogP contribution < -0.4 is 5.32 Å². The summed E-state index contributed by atoms with van der Waals surface area (Å²) in [6.45, 7) is 12.2. The number of hydrogen-bond acceptors (Lipinski definition) is 10. The summed E-state index contributed by atoms with van der Waals surface area (Å²) in [5, 5.41) is 36.2. The summed E-state index contributed by atoms with van der Waals surface area (Å²) >= 11 is 2.84. The molecule has 3 N–H and O–H groups in total. The molecule has 3 heterocycles. The van der Waals surface area contributed by atoms with Crippen molar-refractivity contribution >= 4 is 41.6 Å². The number of nitrogens with one attached hydrogen (secondary N) is 1. The van der Waals surface area contributed by atoms with Gasteiger partial charge in [-0.2, -0.15) is 0 Å². The van der Waals surface area contributed by atoms with Crippen LogP contribution in [0.4, 0.5) is 0 Å². The fraction of sp³-hybridized carbons (Fsp3) is 0.676. The normalized spacial score (nSPS) is 22.3. The van der Waals surface area contributed by atoms with E-state index < -0.39 is 12.0 Å². The molecule has 11 nitrogen and oxygen atoms in total. The average molecular weight is 726 g/mol. The van der Waals surface area contributed by atoms with Crippen LogP contribution in [0.2, 0.25) is 0 Å². The molecule has 4 aliphatic rings. The Morgan fingerprint density at radius 1 is 1.00 bits per heavy atom. The van der Waals surface area contributed by atoms with Crippen LogP contribution in [0.25, 0.3) is 0 Å². The number of nitrogens with zero attached hydrogens (tertiary/aromatic N) is 6. The van der Waals surface area contributed by atoms with E-state index in [1.54, 1.807) is 13.3 Å². The Morgan fingerprint density at radius 3 is 2.04 bits per heavy atom. The van der Waals surface area contributed by atoms with E-state index in [1.165, 1.54) is 97.3 Å². The van der Waals surface area contributed by atoms with Gasteiger partial charge in [-0.1, -0.05) is 91.8 Å². The van der Waals surface area contributed by atoms with Gasteiger partial charge in [0.2, 0.25) is 5.16 Å². The number of carbonyl (C=O) groups is 2. The Balaban J connectivity index is 0.000000311. The fourth-order valence-electron chi connectivity index (χ4n) is 7.19. The van der Waals surface area contributed by atoms with Crippen LogP contribution in [0.5, 0.6) is 5.75 Å². The number of carboxylic acids is 1. The third kappa shape index (κ3) is 9.11. The van der Waals surface area contributed by atoms with Crippen molar-refractivity contribution in [1.29, 1.82) is 0 Å². The minimum atomic E-state index is -1.13. The van der Waals surface area contributed by atoms with Gasteiger partial charge in [-0.3, -0.25) is 14.7 Å². The second-order valence-corrected chi connectivity index (χ2v) is 18.1. The van der Waals surface area contributed by atoms with Gasteiger partial charge in [-0.15, -0.1) is 16.9 Å². The van der Waals surface area contributed by atoms with Crippen molar-refractivity contribution in [3.8, 4) is 5.75 Å². The molecule has 2 aliphatic heterocycles. The largest absolute Gasteiger partial charge is 0.507 e. The maximum atomic E-state index is 13.1. The standard InChI is InChI=1S/C25H32N6O4S2.C12H23N/c1-24(2,3)15-8-13(9-16(19(15)32)25(4,5)6)10-26-17-20(33)31-18(22(34)35)14(11-36-21(17)31)12-37-23-27-28-29-30(23)7;1-3-7-11(8-4-1)13-12-9-5-2-6-10-12/h8-10,17,21,32H,11-12H2,1-7H3,(H,34,35);11-13H,1-10H2/b26-10+;/t17-,21-;/m1./s1. The number of thioether (sulfide) groups is 2. The molecule has 0 bridgehead atoms. The van der Waals surface area contributed by atoms with Crippen LogP contribution >= 0.6 is 23.5 Å². The summed E-state index contributed by atoms with van der Waals surface area (Å²) in [4.78, 5) is 31.2. The lowest BCUT2D eigenvalue weighted by Gasteiger charge is -2.47. The van der Waals surface area contributed by atoms with Crippen LogP contribution in [-0.2, 0) is 27.5 Å². The number of phenolic OH excluding ortho intramolecular Hbond substituents is 1. The number of aliphatic carboxylic acids is 1. The first-order chi connectivity index (χ1) is 23.6. The van der Waals surface area contributed by atoms with Crippen molar-refractivity contribution < 1.29 is 19.8 Å². The third-order valence-electron chi connectivity index (χ3n) is 9.99. The van der Waals surface area contributed by atoms with Gasteiger partial charge in [0.05, 0.1) is 0 Å². The van der Waals surface area contributed by atoms with Crippen molar-refractivity contribution in [2.75, 3.05) is 11.5 Å². The lowest BCUT2D eigenvalue weighted by Crippen LogP contribution is -2.64. The van der Waals surface area contributed by atoms with Crippen molar-refractivity contribution in [3.05, 3.63) is 40.1 Å². The predicted molar refractivity (Wildman–Crippen MR) is 201 cm³/mol. The number of rotatable bonds is 8. The summed E-state index contributed by atoms with van der Waals surface area (Å²) in [5.74, 6) is -0.339. The molecule has 6 rings (SSSR count). The van der Waals surface area contributed by atoms with Gasteiger partial charge in [0, 0.05) is 48.0 Å². The number of phenols is 1. The number of amides is 1. The number of aliphatic imine (C=N–C) groups is 1. The van der Waals surface area contributed by atoms with E-state index >= 15 is 0 Å². The Labute approximate surface area is 305 Å². The van der Waals surface area contributed by atoms with Gasteiger partial charge in [-0.05, 0) is 70.2 Å². The van der Waals surface area contributed by atoms with Gasteiger partial charge >= 0.3 is 5.97 Å².